The van der Waals surface area contributed by atoms with Gasteiger partial charge in [0.1, 0.15) is 9.84 Å². The summed E-state index contributed by atoms with van der Waals surface area (Å²) in [6.07, 6.45) is 3.52. The normalized spacial score (nSPS) is 25.6. The van der Waals surface area contributed by atoms with E-state index in [0.29, 0.717) is 13.0 Å². The quantitative estimate of drug-likeness (QED) is 0.654. The fourth-order valence-corrected chi connectivity index (χ4v) is 2.49. The van der Waals surface area contributed by atoms with E-state index < -0.39 is 15.4 Å². The average molecular weight is 248 g/mol. The van der Waals surface area contributed by atoms with E-state index in [1.54, 1.807) is 0 Å². The summed E-state index contributed by atoms with van der Waals surface area (Å²) in [5, 5.41) is 5.93. The Morgan fingerprint density at radius 3 is 2.69 bits per heavy atom. The van der Waals surface area contributed by atoms with Gasteiger partial charge in [0.15, 0.2) is 0 Å². The molecule has 1 heterocycles. The SMILES string of the molecule is CC1(C(=O)NCCCS(C)(=O)=O)CCCN1. The van der Waals surface area contributed by atoms with Crippen molar-refractivity contribution in [2.24, 2.45) is 0 Å². The third-order valence-corrected chi connectivity index (χ3v) is 3.88. The largest absolute Gasteiger partial charge is 0.354 e. The van der Waals surface area contributed by atoms with Crippen molar-refractivity contribution in [1.29, 1.82) is 0 Å². The van der Waals surface area contributed by atoms with Crippen LogP contribution in [0.2, 0.25) is 0 Å². The van der Waals surface area contributed by atoms with Crippen LogP contribution in [0.25, 0.3) is 0 Å². The second-order valence-electron chi connectivity index (χ2n) is 4.60. The summed E-state index contributed by atoms with van der Waals surface area (Å²) in [5.41, 5.74) is -0.467. The molecule has 1 fully saturated rings. The molecule has 0 aromatic rings. The second-order valence-corrected chi connectivity index (χ2v) is 6.86. The van der Waals surface area contributed by atoms with Gasteiger partial charge in [-0.1, -0.05) is 0 Å². The standard InChI is InChI=1S/C10H20N2O3S/c1-10(5-3-7-12-10)9(13)11-6-4-8-16(2,14)15/h12H,3-8H2,1-2H3,(H,11,13). The Morgan fingerprint density at radius 1 is 1.50 bits per heavy atom. The molecule has 0 aromatic heterocycles. The summed E-state index contributed by atoms with van der Waals surface area (Å²) in [4.78, 5) is 11.8. The first-order chi connectivity index (χ1) is 7.33. The molecular weight excluding hydrogens is 228 g/mol. The molecule has 1 atom stereocenters. The van der Waals surface area contributed by atoms with Crippen molar-refractivity contribution < 1.29 is 13.2 Å². The molecule has 0 spiro atoms. The van der Waals surface area contributed by atoms with E-state index in [1.165, 1.54) is 6.26 Å². The minimum atomic E-state index is -2.92. The highest BCUT2D eigenvalue weighted by atomic mass is 32.2. The van der Waals surface area contributed by atoms with Crippen LogP contribution in [0, 0.1) is 0 Å². The van der Waals surface area contributed by atoms with E-state index in [2.05, 4.69) is 10.6 Å². The van der Waals surface area contributed by atoms with Gasteiger partial charge in [0.05, 0.1) is 11.3 Å². The number of hydrogen-bond acceptors (Lipinski definition) is 4. The maximum absolute atomic E-state index is 11.8. The second kappa shape index (κ2) is 5.14. The third kappa shape index (κ3) is 4.09. The molecule has 0 aliphatic carbocycles. The highest BCUT2D eigenvalue weighted by Gasteiger charge is 2.35. The van der Waals surface area contributed by atoms with Gasteiger partial charge in [-0.05, 0) is 32.7 Å². The van der Waals surface area contributed by atoms with Gasteiger partial charge < -0.3 is 10.6 Å². The van der Waals surface area contributed by atoms with E-state index in [4.69, 9.17) is 0 Å². The Kier molecular flexibility index (Phi) is 4.32. The first kappa shape index (κ1) is 13.4. The predicted octanol–water partition coefficient (Wildman–Crippen LogP) is -0.321. The summed E-state index contributed by atoms with van der Waals surface area (Å²) in [6.45, 7) is 3.17. The molecule has 1 rings (SSSR count). The highest BCUT2D eigenvalue weighted by Crippen LogP contribution is 2.18. The van der Waals surface area contributed by atoms with Crippen LogP contribution in [-0.2, 0) is 14.6 Å². The number of carbonyl (C=O) groups excluding carboxylic acids is 1. The van der Waals surface area contributed by atoms with Gasteiger partial charge in [-0.25, -0.2) is 8.42 Å². The molecule has 2 N–H and O–H groups in total. The first-order valence-electron chi connectivity index (χ1n) is 5.55. The Balaban J connectivity index is 2.25. The summed E-state index contributed by atoms with van der Waals surface area (Å²) >= 11 is 0. The molecule has 0 saturated carbocycles. The van der Waals surface area contributed by atoms with Crippen LogP contribution in [0.5, 0.6) is 0 Å². The first-order valence-corrected chi connectivity index (χ1v) is 7.61. The van der Waals surface area contributed by atoms with Crippen molar-refractivity contribution in [2.45, 2.75) is 31.7 Å². The zero-order valence-corrected chi connectivity index (χ0v) is 10.7. The molecule has 0 aromatic carbocycles. The molecule has 1 unspecified atom stereocenters. The molecule has 94 valence electrons. The fourth-order valence-electron chi connectivity index (χ4n) is 1.82. The van der Waals surface area contributed by atoms with Crippen LogP contribution in [0.4, 0.5) is 0 Å². The minimum Gasteiger partial charge on any atom is -0.354 e. The summed E-state index contributed by atoms with van der Waals surface area (Å²) in [5.74, 6) is 0.0933. The van der Waals surface area contributed by atoms with Gasteiger partial charge in [-0.15, -0.1) is 0 Å². The highest BCUT2D eigenvalue weighted by molar-refractivity contribution is 7.90. The lowest BCUT2D eigenvalue weighted by atomic mass is 9.99. The number of amides is 1. The predicted molar refractivity (Wildman–Crippen MR) is 63.0 cm³/mol. The molecule has 1 amide bonds. The van der Waals surface area contributed by atoms with E-state index in [0.717, 1.165) is 19.4 Å². The Morgan fingerprint density at radius 2 is 2.19 bits per heavy atom. The van der Waals surface area contributed by atoms with E-state index in [1.807, 2.05) is 6.92 Å². The molecule has 1 saturated heterocycles. The van der Waals surface area contributed by atoms with Gasteiger partial charge in [-0.2, -0.15) is 0 Å². The van der Waals surface area contributed by atoms with Gasteiger partial charge in [0.25, 0.3) is 0 Å². The van der Waals surface area contributed by atoms with Crippen LogP contribution in [0.1, 0.15) is 26.2 Å². The molecular formula is C10H20N2O3S. The maximum Gasteiger partial charge on any atom is 0.240 e. The number of rotatable bonds is 5. The van der Waals surface area contributed by atoms with Crippen LogP contribution < -0.4 is 10.6 Å². The third-order valence-electron chi connectivity index (χ3n) is 2.85. The van der Waals surface area contributed by atoms with Crippen molar-refractivity contribution in [3.63, 3.8) is 0 Å². The minimum absolute atomic E-state index is 0.0292. The zero-order valence-electron chi connectivity index (χ0n) is 9.88. The average Bonchev–Trinajstić information content (AvgIpc) is 2.59. The number of hydrogen-bond donors (Lipinski definition) is 2. The molecule has 1 aliphatic heterocycles. The maximum atomic E-state index is 11.8. The molecule has 0 bridgehead atoms. The molecule has 1 aliphatic rings. The molecule has 5 nitrogen and oxygen atoms in total. The van der Waals surface area contributed by atoms with E-state index in [9.17, 15) is 13.2 Å². The van der Waals surface area contributed by atoms with Crippen LogP contribution in [0.15, 0.2) is 0 Å². The van der Waals surface area contributed by atoms with Gasteiger partial charge in [-0.3, -0.25) is 4.79 Å². The monoisotopic (exact) mass is 248 g/mol. The van der Waals surface area contributed by atoms with Crippen molar-refractivity contribution >= 4 is 15.7 Å². The number of nitrogens with one attached hydrogen (secondary N) is 2. The van der Waals surface area contributed by atoms with Crippen LogP contribution >= 0.6 is 0 Å². The molecule has 6 heteroatoms. The lowest BCUT2D eigenvalue weighted by Crippen LogP contribution is -2.51. The van der Waals surface area contributed by atoms with Crippen molar-refractivity contribution in [1.82, 2.24) is 10.6 Å². The van der Waals surface area contributed by atoms with Gasteiger partial charge in [0.2, 0.25) is 5.91 Å². The molecule has 0 radical (unpaired) electrons. The van der Waals surface area contributed by atoms with Crippen molar-refractivity contribution in [3.05, 3.63) is 0 Å². The zero-order chi connectivity index (χ0) is 12.2. The lowest BCUT2D eigenvalue weighted by molar-refractivity contribution is -0.126. The van der Waals surface area contributed by atoms with Crippen LogP contribution in [0.3, 0.4) is 0 Å². The summed E-state index contributed by atoms with van der Waals surface area (Å²) in [6, 6.07) is 0. The Labute approximate surface area is 96.9 Å². The number of sulfone groups is 1. The van der Waals surface area contributed by atoms with E-state index in [-0.39, 0.29) is 11.7 Å². The van der Waals surface area contributed by atoms with Gasteiger partial charge in [0, 0.05) is 12.8 Å². The Hall–Kier alpha value is -0.620. The lowest BCUT2D eigenvalue weighted by Gasteiger charge is -2.22. The fraction of sp³-hybridized carbons (Fsp3) is 0.900. The van der Waals surface area contributed by atoms with Crippen molar-refractivity contribution in [3.8, 4) is 0 Å². The van der Waals surface area contributed by atoms with E-state index >= 15 is 0 Å². The Bertz CT molecular complexity index is 345. The smallest absolute Gasteiger partial charge is 0.240 e. The van der Waals surface area contributed by atoms with Gasteiger partial charge >= 0.3 is 0 Å². The summed E-state index contributed by atoms with van der Waals surface area (Å²) < 4.78 is 21.7. The topological polar surface area (TPSA) is 75.3 Å². The number of carbonyl (C=O) groups is 1. The van der Waals surface area contributed by atoms with Crippen molar-refractivity contribution in [2.75, 3.05) is 25.1 Å². The molecule has 16 heavy (non-hydrogen) atoms. The summed E-state index contributed by atoms with van der Waals surface area (Å²) in [7, 11) is -2.92. The van der Waals surface area contributed by atoms with Crippen LogP contribution in [-0.4, -0.2) is 45.0 Å².